The van der Waals surface area contributed by atoms with E-state index in [9.17, 15) is 24.6 Å². The number of hydrogen-bond donors (Lipinski definition) is 2. The maximum Gasteiger partial charge on any atom is 0.330 e. The van der Waals surface area contributed by atoms with Crippen molar-refractivity contribution < 1.29 is 43.5 Å². The Bertz CT molecular complexity index is 1020. The van der Waals surface area contributed by atoms with Gasteiger partial charge >= 0.3 is 17.9 Å². The second-order valence-corrected chi connectivity index (χ2v) is 6.68. The molecule has 2 aromatic carbocycles. The molecule has 9 heteroatoms. The Hall–Kier alpha value is -4.27. The van der Waals surface area contributed by atoms with Gasteiger partial charge in [-0.05, 0) is 47.5 Å². The topological polar surface area (TPSA) is 129 Å². The number of carbonyl (C=O) groups is 3. The number of phenolic OH excluding ortho intramolecular Hbond substituents is 2. The second kappa shape index (κ2) is 12.6. The van der Waals surface area contributed by atoms with Crippen LogP contribution in [0.3, 0.4) is 0 Å². The summed E-state index contributed by atoms with van der Waals surface area (Å²) in [6.07, 6.45) is 4.30. The number of phenols is 2. The van der Waals surface area contributed by atoms with E-state index < -0.39 is 24.0 Å². The van der Waals surface area contributed by atoms with E-state index >= 15 is 0 Å². The summed E-state index contributed by atoms with van der Waals surface area (Å²) in [5, 5.41) is 18.8. The molecule has 0 aliphatic rings. The van der Waals surface area contributed by atoms with Crippen LogP contribution >= 0.6 is 0 Å². The Morgan fingerprint density at radius 3 is 1.97 bits per heavy atom. The van der Waals surface area contributed by atoms with Crippen molar-refractivity contribution in [3.05, 3.63) is 65.7 Å². The molecule has 1 unspecified atom stereocenters. The van der Waals surface area contributed by atoms with Crippen molar-refractivity contribution in [2.75, 3.05) is 20.3 Å². The van der Waals surface area contributed by atoms with Crippen LogP contribution in [0.25, 0.3) is 12.2 Å². The molecule has 2 aromatic rings. The molecule has 2 N–H and O–H groups in total. The highest BCUT2D eigenvalue weighted by Crippen LogP contribution is 2.26. The van der Waals surface area contributed by atoms with E-state index in [4.69, 9.17) is 18.9 Å². The highest BCUT2D eigenvalue weighted by molar-refractivity contribution is 5.87. The van der Waals surface area contributed by atoms with Gasteiger partial charge in [-0.1, -0.05) is 18.2 Å². The van der Waals surface area contributed by atoms with Gasteiger partial charge in [0.05, 0.1) is 7.11 Å². The minimum Gasteiger partial charge on any atom is -0.508 e. The van der Waals surface area contributed by atoms with Crippen molar-refractivity contribution >= 4 is 30.1 Å². The Kier molecular flexibility index (Phi) is 9.51. The van der Waals surface area contributed by atoms with E-state index in [0.717, 1.165) is 6.08 Å². The van der Waals surface area contributed by atoms with Crippen LogP contribution in [0.2, 0.25) is 0 Å². The first-order valence-corrected chi connectivity index (χ1v) is 9.79. The van der Waals surface area contributed by atoms with Gasteiger partial charge in [0.2, 0.25) is 0 Å². The van der Waals surface area contributed by atoms with Crippen LogP contribution in [0.15, 0.2) is 54.6 Å². The first-order chi connectivity index (χ1) is 15.8. The predicted molar refractivity (Wildman–Crippen MR) is 118 cm³/mol. The van der Waals surface area contributed by atoms with Crippen LogP contribution in [-0.2, 0) is 28.6 Å². The van der Waals surface area contributed by atoms with Crippen molar-refractivity contribution in [1.82, 2.24) is 0 Å². The first-order valence-electron chi connectivity index (χ1n) is 9.79. The second-order valence-electron chi connectivity index (χ2n) is 6.68. The smallest absolute Gasteiger partial charge is 0.330 e. The van der Waals surface area contributed by atoms with Gasteiger partial charge in [-0.15, -0.1) is 0 Å². The number of hydrogen-bond acceptors (Lipinski definition) is 9. The molecule has 0 fully saturated rings. The molecule has 0 saturated heterocycles. The van der Waals surface area contributed by atoms with E-state index in [0.29, 0.717) is 11.1 Å². The largest absolute Gasteiger partial charge is 0.508 e. The molecule has 1 atom stereocenters. The van der Waals surface area contributed by atoms with Gasteiger partial charge in [0.25, 0.3) is 0 Å². The van der Waals surface area contributed by atoms with Gasteiger partial charge in [-0.25, -0.2) is 9.59 Å². The molecule has 33 heavy (non-hydrogen) atoms. The molecule has 0 aliphatic carbocycles. The molecular formula is C24H24O9. The van der Waals surface area contributed by atoms with Crippen molar-refractivity contribution in [2.24, 2.45) is 0 Å². The molecule has 9 nitrogen and oxygen atoms in total. The Balaban J connectivity index is 1.86. The fourth-order valence-corrected chi connectivity index (χ4v) is 2.51. The Morgan fingerprint density at radius 2 is 1.42 bits per heavy atom. The molecular weight excluding hydrogens is 432 g/mol. The quantitative estimate of drug-likeness (QED) is 0.315. The van der Waals surface area contributed by atoms with E-state index in [1.54, 1.807) is 18.2 Å². The van der Waals surface area contributed by atoms with Crippen molar-refractivity contribution in [3.8, 4) is 17.2 Å². The third-order valence-corrected chi connectivity index (χ3v) is 4.08. The van der Waals surface area contributed by atoms with Gasteiger partial charge in [0, 0.05) is 19.1 Å². The number of methoxy groups -OCH3 is 1. The molecule has 0 aliphatic heterocycles. The molecule has 0 radical (unpaired) electrons. The molecule has 2 rings (SSSR count). The fraction of sp³-hybridized carbons (Fsp3) is 0.208. The number of aromatic hydroxyl groups is 2. The summed E-state index contributed by atoms with van der Waals surface area (Å²) in [5.41, 5.74) is 1.26. The normalized spacial score (nSPS) is 11.8. The zero-order chi connectivity index (χ0) is 24.2. The lowest BCUT2D eigenvalue weighted by molar-refractivity contribution is -0.162. The standard InChI is InChI=1S/C24H24O9/c1-16(25)33-20(14-31-23(28)11-6-17-3-8-19(26)9-4-17)15-32-24(29)12-7-18-5-10-21(27)22(13-18)30-2/h3-13,20,26-27H,14-15H2,1-2H3. The number of rotatable bonds is 10. The average molecular weight is 456 g/mol. The highest BCUT2D eigenvalue weighted by Gasteiger charge is 2.16. The third kappa shape index (κ3) is 9.18. The number of esters is 3. The zero-order valence-corrected chi connectivity index (χ0v) is 18.1. The average Bonchev–Trinajstić information content (AvgIpc) is 2.79. The van der Waals surface area contributed by atoms with Crippen LogP contribution in [-0.4, -0.2) is 54.5 Å². The lowest BCUT2D eigenvalue weighted by atomic mass is 10.2. The van der Waals surface area contributed by atoms with E-state index in [2.05, 4.69) is 0 Å². The predicted octanol–water partition coefficient (Wildman–Crippen LogP) is 2.85. The summed E-state index contributed by atoms with van der Waals surface area (Å²) in [6.45, 7) is 0.542. The number of ether oxygens (including phenoxy) is 4. The molecule has 174 valence electrons. The summed E-state index contributed by atoms with van der Waals surface area (Å²) >= 11 is 0. The van der Waals surface area contributed by atoms with E-state index in [-0.39, 0.29) is 30.5 Å². The van der Waals surface area contributed by atoms with Crippen molar-refractivity contribution in [1.29, 1.82) is 0 Å². The summed E-state index contributed by atoms with van der Waals surface area (Å²) in [6, 6.07) is 10.7. The minimum absolute atomic E-state index is 0.0334. The van der Waals surface area contributed by atoms with Gasteiger partial charge in [0.15, 0.2) is 17.6 Å². The van der Waals surface area contributed by atoms with E-state index in [1.807, 2.05) is 0 Å². The summed E-state index contributed by atoms with van der Waals surface area (Å²) < 4.78 is 20.1. The summed E-state index contributed by atoms with van der Waals surface area (Å²) in [7, 11) is 1.40. The first kappa shape index (κ1) is 25.0. The highest BCUT2D eigenvalue weighted by atomic mass is 16.6. The zero-order valence-electron chi connectivity index (χ0n) is 18.1. The summed E-state index contributed by atoms with van der Waals surface area (Å²) in [5.74, 6) is -1.70. The van der Waals surface area contributed by atoms with Gasteiger partial charge in [-0.2, -0.15) is 0 Å². The molecule has 0 spiro atoms. The molecule has 0 amide bonds. The van der Waals surface area contributed by atoms with Gasteiger partial charge in [-0.3, -0.25) is 4.79 Å². The van der Waals surface area contributed by atoms with Gasteiger partial charge in [0.1, 0.15) is 19.0 Å². The SMILES string of the molecule is COc1cc(C=CC(=O)OCC(COC(=O)C=Cc2ccc(O)cc2)OC(C)=O)ccc1O. The van der Waals surface area contributed by atoms with Crippen LogP contribution in [0, 0.1) is 0 Å². The molecule has 0 saturated carbocycles. The van der Waals surface area contributed by atoms with Crippen molar-refractivity contribution in [2.45, 2.75) is 13.0 Å². The monoisotopic (exact) mass is 456 g/mol. The van der Waals surface area contributed by atoms with Crippen LogP contribution in [0.1, 0.15) is 18.1 Å². The maximum absolute atomic E-state index is 12.0. The number of benzene rings is 2. The van der Waals surface area contributed by atoms with Crippen molar-refractivity contribution in [3.63, 3.8) is 0 Å². The maximum atomic E-state index is 12.0. The number of carbonyl (C=O) groups excluding carboxylic acids is 3. The molecule has 0 bridgehead atoms. The lowest BCUT2D eigenvalue weighted by Gasteiger charge is -2.16. The van der Waals surface area contributed by atoms with Crippen LogP contribution < -0.4 is 4.74 Å². The van der Waals surface area contributed by atoms with Crippen LogP contribution in [0.5, 0.6) is 17.2 Å². The Morgan fingerprint density at radius 1 is 0.879 bits per heavy atom. The van der Waals surface area contributed by atoms with Gasteiger partial charge < -0.3 is 29.2 Å². The van der Waals surface area contributed by atoms with E-state index in [1.165, 1.54) is 56.5 Å². The van der Waals surface area contributed by atoms with Crippen LogP contribution in [0.4, 0.5) is 0 Å². The molecule has 0 aromatic heterocycles. The molecule has 0 heterocycles. The summed E-state index contributed by atoms with van der Waals surface area (Å²) in [4.78, 5) is 35.2. The third-order valence-electron chi connectivity index (χ3n) is 4.08. The Labute approximate surface area is 190 Å². The fourth-order valence-electron chi connectivity index (χ4n) is 2.51. The minimum atomic E-state index is -0.986. The lowest BCUT2D eigenvalue weighted by Crippen LogP contribution is -2.29.